The first-order valence-corrected chi connectivity index (χ1v) is 6.36. The molecule has 0 aromatic carbocycles. The Morgan fingerprint density at radius 3 is 2.30 bits per heavy atom. The van der Waals surface area contributed by atoms with Crippen LogP contribution in [0, 0.1) is 11.8 Å². The molecule has 0 aliphatic heterocycles. The number of rotatable bonds is 9. The van der Waals surface area contributed by atoms with E-state index < -0.39 is 31.1 Å². The van der Waals surface area contributed by atoms with Crippen LogP contribution in [0.2, 0.25) is 0 Å². The van der Waals surface area contributed by atoms with Crippen LogP contribution in [-0.2, 0) is 9.59 Å². The van der Waals surface area contributed by atoms with E-state index in [1.165, 1.54) is 0 Å². The summed E-state index contributed by atoms with van der Waals surface area (Å²) in [7, 11) is 0. The molecule has 0 aliphatic rings. The molecule has 0 heterocycles. The van der Waals surface area contributed by atoms with Gasteiger partial charge in [0, 0.05) is 13.0 Å². The number of carbonyl (C=O) groups excluding carboxylic acids is 1. The van der Waals surface area contributed by atoms with Crippen molar-refractivity contribution < 1.29 is 27.9 Å². The van der Waals surface area contributed by atoms with Gasteiger partial charge in [0.1, 0.15) is 0 Å². The number of alkyl halides is 3. The van der Waals surface area contributed by atoms with Crippen molar-refractivity contribution in [3.63, 3.8) is 0 Å². The molecule has 0 saturated heterocycles. The predicted molar refractivity (Wildman–Crippen MR) is 67.1 cm³/mol. The number of carbonyl (C=O) groups is 2. The molecular weight excluding hydrogens is 277 g/mol. The van der Waals surface area contributed by atoms with Crippen LogP contribution in [0.15, 0.2) is 0 Å². The van der Waals surface area contributed by atoms with Crippen molar-refractivity contribution in [3.8, 4) is 0 Å². The summed E-state index contributed by atoms with van der Waals surface area (Å²) in [5.41, 5.74) is 0. The summed E-state index contributed by atoms with van der Waals surface area (Å²) < 4.78 is 35.5. The minimum absolute atomic E-state index is 0.0750. The summed E-state index contributed by atoms with van der Waals surface area (Å²) in [6.45, 7) is 2.34. The quantitative estimate of drug-likeness (QED) is 0.601. The van der Waals surface area contributed by atoms with E-state index in [0.29, 0.717) is 6.42 Å². The molecule has 0 bridgehead atoms. The van der Waals surface area contributed by atoms with Gasteiger partial charge in [0.2, 0.25) is 5.91 Å². The molecule has 0 spiro atoms. The van der Waals surface area contributed by atoms with Crippen molar-refractivity contribution in [1.29, 1.82) is 0 Å². The third kappa shape index (κ3) is 11.8. The van der Waals surface area contributed by atoms with E-state index in [1.807, 2.05) is 19.2 Å². The Bertz CT molecular complexity index is 320. The Kier molecular flexibility index (Phi) is 8.21. The molecule has 0 aliphatic carbocycles. The summed E-state index contributed by atoms with van der Waals surface area (Å²) >= 11 is 0. The average Bonchev–Trinajstić information content (AvgIpc) is 2.22. The minimum atomic E-state index is -4.36. The molecule has 1 unspecified atom stereocenters. The van der Waals surface area contributed by atoms with Gasteiger partial charge in [0.15, 0.2) is 0 Å². The van der Waals surface area contributed by atoms with E-state index in [4.69, 9.17) is 5.11 Å². The minimum Gasteiger partial charge on any atom is -0.481 e. The standard InChI is InChI=1S/C12H21F3N2O3/c1-8(2)3-9(4-11(19)20)5-17-10(18)6-16-7-12(13,14)15/h8-9,16H,3-7H2,1-2H3,(H,17,18)(H,19,20). The lowest BCUT2D eigenvalue weighted by molar-refractivity contribution is -0.138. The zero-order chi connectivity index (χ0) is 15.8. The van der Waals surface area contributed by atoms with Gasteiger partial charge in [0.05, 0.1) is 13.1 Å². The van der Waals surface area contributed by atoms with Crippen LogP contribution in [0.5, 0.6) is 0 Å². The fraction of sp³-hybridized carbons (Fsp3) is 0.833. The largest absolute Gasteiger partial charge is 0.481 e. The van der Waals surface area contributed by atoms with Gasteiger partial charge in [0.25, 0.3) is 0 Å². The molecule has 0 saturated carbocycles. The lowest BCUT2D eigenvalue weighted by atomic mass is 9.94. The maximum atomic E-state index is 11.8. The fourth-order valence-corrected chi connectivity index (χ4v) is 1.79. The van der Waals surface area contributed by atoms with Gasteiger partial charge in [-0.25, -0.2) is 0 Å². The molecule has 20 heavy (non-hydrogen) atoms. The second-order valence-corrected chi connectivity index (χ2v) is 5.12. The second-order valence-electron chi connectivity index (χ2n) is 5.12. The SMILES string of the molecule is CC(C)CC(CNC(=O)CNCC(F)(F)F)CC(=O)O. The van der Waals surface area contributed by atoms with Gasteiger partial charge in [-0.2, -0.15) is 13.2 Å². The number of halogens is 3. The van der Waals surface area contributed by atoms with Crippen LogP contribution in [-0.4, -0.2) is 42.8 Å². The highest BCUT2D eigenvalue weighted by Crippen LogP contribution is 2.14. The molecule has 0 rings (SSSR count). The molecule has 118 valence electrons. The van der Waals surface area contributed by atoms with Gasteiger partial charge in [-0.05, 0) is 18.3 Å². The number of aliphatic carboxylic acids is 1. The Morgan fingerprint density at radius 1 is 1.25 bits per heavy atom. The zero-order valence-corrected chi connectivity index (χ0v) is 11.6. The van der Waals surface area contributed by atoms with Crippen molar-refractivity contribution >= 4 is 11.9 Å². The number of hydrogen-bond donors (Lipinski definition) is 3. The highest BCUT2D eigenvalue weighted by atomic mass is 19.4. The molecule has 1 atom stereocenters. The lowest BCUT2D eigenvalue weighted by Crippen LogP contribution is -2.40. The molecule has 0 aromatic heterocycles. The van der Waals surface area contributed by atoms with Crippen LogP contribution in [0.4, 0.5) is 13.2 Å². The van der Waals surface area contributed by atoms with Crippen molar-refractivity contribution in [2.24, 2.45) is 11.8 Å². The molecule has 0 fully saturated rings. The van der Waals surface area contributed by atoms with E-state index in [-0.39, 0.29) is 24.8 Å². The average molecular weight is 298 g/mol. The maximum absolute atomic E-state index is 11.8. The summed E-state index contributed by atoms with van der Waals surface area (Å²) in [4.78, 5) is 22.0. The normalized spacial score (nSPS) is 13.3. The van der Waals surface area contributed by atoms with Gasteiger partial charge >= 0.3 is 12.1 Å². The van der Waals surface area contributed by atoms with E-state index in [0.717, 1.165) is 0 Å². The molecule has 8 heteroatoms. The highest BCUT2D eigenvalue weighted by Gasteiger charge is 2.26. The molecular formula is C12H21F3N2O3. The number of hydrogen-bond acceptors (Lipinski definition) is 3. The van der Waals surface area contributed by atoms with Gasteiger partial charge < -0.3 is 15.7 Å². The Balaban J connectivity index is 4.01. The first-order valence-electron chi connectivity index (χ1n) is 6.36. The van der Waals surface area contributed by atoms with Crippen LogP contribution in [0.25, 0.3) is 0 Å². The van der Waals surface area contributed by atoms with Gasteiger partial charge in [-0.15, -0.1) is 0 Å². The molecule has 0 radical (unpaired) electrons. The van der Waals surface area contributed by atoms with Crippen LogP contribution in [0.3, 0.4) is 0 Å². The first-order chi connectivity index (χ1) is 9.10. The predicted octanol–water partition coefficient (Wildman–Crippen LogP) is 1.39. The van der Waals surface area contributed by atoms with Crippen molar-refractivity contribution in [3.05, 3.63) is 0 Å². The van der Waals surface area contributed by atoms with E-state index in [9.17, 15) is 22.8 Å². The topological polar surface area (TPSA) is 78.4 Å². The first kappa shape index (κ1) is 18.7. The van der Waals surface area contributed by atoms with E-state index in [2.05, 4.69) is 5.32 Å². The third-order valence-electron chi connectivity index (χ3n) is 2.47. The lowest BCUT2D eigenvalue weighted by Gasteiger charge is -2.18. The second kappa shape index (κ2) is 8.78. The monoisotopic (exact) mass is 298 g/mol. The number of amides is 1. The van der Waals surface area contributed by atoms with Crippen LogP contribution < -0.4 is 10.6 Å². The molecule has 3 N–H and O–H groups in total. The smallest absolute Gasteiger partial charge is 0.401 e. The molecule has 0 aromatic rings. The van der Waals surface area contributed by atoms with Gasteiger partial charge in [-0.3, -0.25) is 9.59 Å². The Hall–Kier alpha value is -1.31. The van der Waals surface area contributed by atoms with Crippen molar-refractivity contribution in [1.82, 2.24) is 10.6 Å². The van der Waals surface area contributed by atoms with Crippen molar-refractivity contribution in [2.45, 2.75) is 32.9 Å². The Labute approximate surface area is 115 Å². The highest BCUT2D eigenvalue weighted by molar-refractivity contribution is 5.78. The molecule has 1 amide bonds. The summed E-state index contributed by atoms with van der Waals surface area (Å²) in [5, 5.41) is 13.2. The number of carboxylic acid groups (broad SMARTS) is 1. The van der Waals surface area contributed by atoms with Crippen LogP contribution in [0.1, 0.15) is 26.7 Å². The third-order valence-corrected chi connectivity index (χ3v) is 2.47. The molecule has 5 nitrogen and oxygen atoms in total. The summed E-state index contributed by atoms with van der Waals surface area (Å²) in [6, 6.07) is 0. The summed E-state index contributed by atoms with van der Waals surface area (Å²) in [6.07, 6.45) is -3.80. The number of carboxylic acids is 1. The van der Waals surface area contributed by atoms with Crippen LogP contribution >= 0.6 is 0 Å². The maximum Gasteiger partial charge on any atom is 0.401 e. The van der Waals surface area contributed by atoms with Crippen molar-refractivity contribution in [2.75, 3.05) is 19.6 Å². The van der Waals surface area contributed by atoms with E-state index in [1.54, 1.807) is 0 Å². The van der Waals surface area contributed by atoms with E-state index >= 15 is 0 Å². The summed E-state index contributed by atoms with van der Waals surface area (Å²) in [5.74, 6) is -1.48. The zero-order valence-electron chi connectivity index (χ0n) is 11.6. The fourth-order valence-electron chi connectivity index (χ4n) is 1.79. The van der Waals surface area contributed by atoms with Gasteiger partial charge in [-0.1, -0.05) is 13.8 Å². The number of nitrogens with one attached hydrogen (secondary N) is 2. The Morgan fingerprint density at radius 2 is 1.85 bits per heavy atom.